The molecule has 146 valence electrons. The maximum absolute atomic E-state index is 12.7. The Bertz CT molecular complexity index is 622. The predicted molar refractivity (Wildman–Crippen MR) is 108 cm³/mol. The number of halogens is 1. The van der Waals surface area contributed by atoms with Gasteiger partial charge < -0.3 is 20.3 Å². The lowest BCUT2D eigenvalue weighted by Crippen LogP contribution is -2.54. The van der Waals surface area contributed by atoms with Crippen molar-refractivity contribution in [3.63, 3.8) is 0 Å². The van der Waals surface area contributed by atoms with Crippen LogP contribution in [0.2, 0.25) is 0 Å². The van der Waals surface area contributed by atoms with E-state index in [0.29, 0.717) is 43.9 Å². The first-order chi connectivity index (χ1) is 12.0. The van der Waals surface area contributed by atoms with E-state index in [-0.39, 0.29) is 24.2 Å². The van der Waals surface area contributed by atoms with E-state index in [1.165, 1.54) is 0 Å². The third-order valence-corrected chi connectivity index (χ3v) is 5.13. The third kappa shape index (κ3) is 5.53. The molecule has 1 aromatic rings. The Kier molecular flexibility index (Phi) is 9.25. The minimum absolute atomic E-state index is 0. The van der Waals surface area contributed by atoms with E-state index in [1.807, 2.05) is 25.3 Å². The van der Waals surface area contributed by atoms with Gasteiger partial charge in [0.15, 0.2) is 0 Å². The fraction of sp³-hybridized carbons (Fsp3) is 0.556. The Morgan fingerprint density at radius 1 is 1.23 bits per heavy atom. The first kappa shape index (κ1) is 22.6. The number of hydrogen-bond donors (Lipinski definition) is 1. The van der Waals surface area contributed by atoms with Crippen LogP contribution in [0.5, 0.6) is 5.75 Å². The lowest BCUT2D eigenvalue weighted by atomic mass is 10.1. The fourth-order valence-corrected chi connectivity index (χ4v) is 3.36. The molecule has 2 amide bonds. The van der Waals surface area contributed by atoms with Crippen molar-refractivity contribution in [2.24, 2.45) is 5.73 Å². The van der Waals surface area contributed by atoms with Crippen LogP contribution in [0.1, 0.15) is 22.3 Å². The van der Waals surface area contributed by atoms with E-state index in [9.17, 15) is 9.59 Å². The van der Waals surface area contributed by atoms with Gasteiger partial charge in [0.05, 0.1) is 13.2 Å². The topological polar surface area (TPSA) is 75.9 Å². The second-order valence-corrected chi connectivity index (χ2v) is 7.18. The molecule has 1 aliphatic rings. The molecule has 0 unspecified atom stereocenters. The number of methoxy groups -OCH3 is 1. The SMILES string of the molecule is COc1cc(C(=O)N2CCN(C(=O)[C@@H](N)CCSC)CC2)ccc1C.Cl. The molecule has 1 aliphatic heterocycles. The number of hydrogen-bond acceptors (Lipinski definition) is 5. The summed E-state index contributed by atoms with van der Waals surface area (Å²) in [4.78, 5) is 28.6. The molecule has 8 heteroatoms. The van der Waals surface area contributed by atoms with Gasteiger partial charge >= 0.3 is 0 Å². The first-order valence-electron chi connectivity index (χ1n) is 8.45. The standard InChI is InChI=1S/C18H27N3O3S.ClH/c1-13-4-5-14(12-16(13)24-2)17(22)20-7-9-21(10-8-20)18(23)15(19)6-11-25-3;/h4-5,12,15H,6-11,19H2,1-3H3;1H/t15-;/m0./s1. The van der Waals surface area contributed by atoms with Crippen LogP contribution < -0.4 is 10.5 Å². The van der Waals surface area contributed by atoms with E-state index in [0.717, 1.165) is 11.3 Å². The zero-order valence-corrected chi connectivity index (χ0v) is 17.2. The Morgan fingerprint density at radius 3 is 2.42 bits per heavy atom. The van der Waals surface area contributed by atoms with Crippen molar-refractivity contribution >= 4 is 36.0 Å². The van der Waals surface area contributed by atoms with Gasteiger partial charge in [0.1, 0.15) is 5.75 Å². The highest BCUT2D eigenvalue weighted by molar-refractivity contribution is 7.98. The van der Waals surface area contributed by atoms with Gasteiger partial charge in [0.25, 0.3) is 5.91 Å². The van der Waals surface area contributed by atoms with Gasteiger partial charge in [-0.25, -0.2) is 0 Å². The van der Waals surface area contributed by atoms with Crippen molar-refractivity contribution in [2.45, 2.75) is 19.4 Å². The maximum atomic E-state index is 12.7. The van der Waals surface area contributed by atoms with Crippen molar-refractivity contribution in [1.29, 1.82) is 0 Å². The van der Waals surface area contributed by atoms with E-state index < -0.39 is 6.04 Å². The summed E-state index contributed by atoms with van der Waals surface area (Å²) in [6.07, 6.45) is 2.68. The van der Waals surface area contributed by atoms with Crippen molar-refractivity contribution in [1.82, 2.24) is 9.80 Å². The lowest BCUT2D eigenvalue weighted by Gasteiger charge is -2.36. The summed E-state index contributed by atoms with van der Waals surface area (Å²) < 4.78 is 5.29. The number of carbonyl (C=O) groups excluding carboxylic acids is 2. The Hall–Kier alpha value is -1.44. The van der Waals surface area contributed by atoms with Crippen LogP contribution in [-0.2, 0) is 4.79 Å². The summed E-state index contributed by atoms with van der Waals surface area (Å²) in [6.45, 7) is 4.05. The molecule has 2 rings (SSSR count). The zero-order chi connectivity index (χ0) is 18.4. The molecule has 0 radical (unpaired) electrons. The fourth-order valence-electron chi connectivity index (χ4n) is 2.87. The minimum atomic E-state index is -0.448. The Morgan fingerprint density at radius 2 is 1.85 bits per heavy atom. The van der Waals surface area contributed by atoms with Gasteiger partial charge in [-0.3, -0.25) is 9.59 Å². The highest BCUT2D eigenvalue weighted by atomic mass is 35.5. The average molecular weight is 402 g/mol. The predicted octanol–water partition coefficient (Wildman–Crippen LogP) is 1.79. The van der Waals surface area contributed by atoms with Crippen LogP contribution in [0.4, 0.5) is 0 Å². The summed E-state index contributed by atoms with van der Waals surface area (Å²) in [6, 6.07) is 5.02. The van der Waals surface area contributed by atoms with E-state index in [4.69, 9.17) is 10.5 Å². The van der Waals surface area contributed by atoms with Crippen molar-refractivity contribution < 1.29 is 14.3 Å². The summed E-state index contributed by atoms with van der Waals surface area (Å²) in [5.41, 5.74) is 7.57. The number of carbonyl (C=O) groups is 2. The van der Waals surface area contributed by atoms with Crippen LogP contribution >= 0.6 is 24.2 Å². The summed E-state index contributed by atoms with van der Waals surface area (Å²) in [5, 5.41) is 0. The van der Waals surface area contributed by atoms with E-state index in [1.54, 1.807) is 34.7 Å². The molecule has 0 spiro atoms. The van der Waals surface area contributed by atoms with Gasteiger partial charge in [-0.05, 0) is 43.0 Å². The normalized spacial score (nSPS) is 15.2. The molecule has 2 N–H and O–H groups in total. The number of ether oxygens (including phenoxy) is 1. The highest BCUT2D eigenvalue weighted by Crippen LogP contribution is 2.20. The molecule has 0 saturated carbocycles. The Balaban J connectivity index is 0.00000338. The molecular weight excluding hydrogens is 374 g/mol. The molecule has 0 aromatic heterocycles. The van der Waals surface area contributed by atoms with Gasteiger partial charge in [0.2, 0.25) is 5.91 Å². The number of rotatable bonds is 6. The monoisotopic (exact) mass is 401 g/mol. The second-order valence-electron chi connectivity index (χ2n) is 6.19. The van der Waals surface area contributed by atoms with E-state index >= 15 is 0 Å². The minimum Gasteiger partial charge on any atom is -0.496 e. The Labute approximate surface area is 165 Å². The molecule has 26 heavy (non-hydrogen) atoms. The number of thioether (sulfide) groups is 1. The first-order valence-corrected chi connectivity index (χ1v) is 9.84. The van der Waals surface area contributed by atoms with E-state index in [2.05, 4.69) is 0 Å². The smallest absolute Gasteiger partial charge is 0.254 e. The van der Waals surface area contributed by atoms with Crippen molar-refractivity contribution in [2.75, 3.05) is 45.3 Å². The number of nitrogens with zero attached hydrogens (tertiary/aromatic N) is 2. The average Bonchev–Trinajstić information content (AvgIpc) is 2.65. The molecule has 0 aliphatic carbocycles. The summed E-state index contributed by atoms with van der Waals surface area (Å²) >= 11 is 1.69. The van der Waals surface area contributed by atoms with Crippen LogP contribution in [0, 0.1) is 6.92 Å². The van der Waals surface area contributed by atoms with Crippen LogP contribution in [0.3, 0.4) is 0 Å². The van der Waals surface area contributed by atoms with Crippen LogP contribution in [0.25, 0.3) is 0 Å². The molecule has 6 nitrogen and oxygen atoms in total. The molecule has 0 bridgehead atoms. The van der Waals surface area contributed by atoms with Crippen LogP contribution in [0.15, 0.2) is 18.2 Å². The van der Waals surface area contributed by atoms with Gasteiger partial charge in [-0.2, -0.15) is 11.8 Å². The number of aryl methyl sites for hydroxylation is 1. The van der Waals surface area contributed by atoms with Gasteiger partial charge in [0, 0.05) is 31.7 Å². The highest BCUT2D eigenvalue weighted by Gasteiger charge is 2.27. The summed E-state index contributed by atoms with van der Waals surface area (Å²) in [5.74, 6) is 1.54. The third-order valence-electron chi connectivity index (χ3n) is 4.48. The largest absolute Gasteiger partial charge is 0.496 e. The molecule has 1 saturated heterocycles. The second kappa shape index (κ2) is 10.6. The lowest BCUT2D eigenvalue weighted by molar-refractivity contribution is -0.134. The molecule has 1 heterocycles. The van der Waals surface area contributed by atoms with Gasteiger partial charge in [-0.15, -0.1) is 12.4 Å². The molecule has 1 atom stereocenters. The number of amides is 2. The van der Waals surface area contributed by atoms with Crippen LogP contribution in [-0.4, -0.2) is 73.0 Å². The maximum Gasteiger partial charge on any atom is 0.254 e. The van der Waals surface area contributed by atoms with Crippen molar-refractivity contribution in [3.05, 3.63) is 29.3 Å². The number of nitrogens with two attached hydrogens (primary N) is 1. The number of benzene rings is 1. The van der Waals surface area contributed by atoms with Crippen molar-refractivity contribution in [3.8, 4) is 5.75 Å². The number of piperazine rings is 1. The molecule has 1 fully saturated rings. The summed E-state index contributed by atoms with van der Waals surface area (Å²) in [7, 11) is 1.60. The zero-order valence-electron chi connectivity index (χ0n) is 15.6. The molecule has 1 aromatic carbocycles. The van der Waals surface area contributed by atoms with Gasteiger partial charge in [-0.1, -0.05) is 6.07 Å². The molecular formula is C18H28ClN3O3S. The quantitative estimate of drug-likeness (QED) is 0.786.